The quantitative estimate of drug-likeness (QED) is 0.713. The van der Waals surface area contributed by atoms with Crippen molar-refractivity contribution in [1.82, 2.24) is 4.90 Å². The number of hydrogen-bond acceptors (Lipinski definition) is 5. The zero-order valence-electron chi connectivity index (χ0n) is 10.0. The van der Waals surface area contributed by atoms with E-state index in [1.807, 2.05) is 18.7 Å². The van der Waals surface area contributed by atoms with Crippen LogP contribution in [-0.2, 0) is 5.54 Å². The molecule has 0 saturated carbocycles. The molecule has 1 unspecified atom stereocenters. The highest BCUT2D eigenvalue weighted by atomic mass is 16.3. The number of aromatic hydroxyl groups is 2. The topological polar surface area (TPSA) is 82.1 Å². The summed E-state index contributed by atoms with van der Waals surface area (Å²) in [7, 11) is 0. The highest BCUT2D eigenvalue weighted by Crippen LogP contribution is 2.35. The Bertz CT molecular complexity index is 453. The van der Waals surface area contributed by atoms with E-state index in [1.54, 1.807) is 12.1 Å². The van der Waals surface area contributed by atoms with Crippen molar-refractivity contribution in [3.63, 3.8) is 0 Å². The van der Waals surface area contributed by atoms with Crippen LogP contribution in [0.2, 0.25) is 0 Å². The second kappa shape index (κ2) is 3.84. The zero-order chi connectivity index (χ0) is 12.6. The molecule has 0 saturated heterocycles. The van der Waals surface area contributed by atoms with Crippen LogP contribution in [0.5, 0.6) is 11.5 Å². The van der Waals surface area contributed by atoms with Gasteiger partial charge < -0.3 is 20.8 Å². The van der Waals surface area contributed by atoms with E-state index in [0.717, 1.165) is 12.1 Å². The molecule has 2 rings (SSSR count). The zero-order valence-corrected chi connectivity index (χ0v) is 10.0. The Balaban J connectivity index is 2.45. The molecule has 0 amide bonds. The van der Waals surface area contributed by atoms with Crippen molar-refractivity contribution in [2.24, 2.45) is 10.7 Å². The summed E-state index contributed by atoms with van der Waals surface area (Å²) in [4.78, 5) is 6.19. The third-order valence-electron chi connectivity index (χ3n) is 3.26. The molecule has 5 nitrogen and oxygen atoms in total. The average molecular weight is 235 g/mol. The maximum atomic E-state index is 9.55. The molecule has 4 N–H and O–H groups in total. The minimum Gasteiger partial charge on any atom is -0.508 e. The predicted octanol–water partition coefficient (Wildman–Crippen LogP) is 0.963. The van der Waals surface area contributed by atoms with E-state index in [1.165, 1.54) is 6.07 Å². The third-order valence-corrected chi connectivity index (χ3v) is 3.26. The van der Waals surface area contributed by atoms with Crippen molar-refractivity contribution < 1.29 is 10.2 Å². The monoisotopic (exact) mass is 235 g/mol. The fraction of sp³-hybridized carbons (Fsp3) is 0.417. The number of phenols is 2. The minimum absolute atomic E-state index is 0.0442. The summed E-state index contributed by atoms with van der Waals surface area (Å²) in [6, 6.07) is 4.58. The first-order valence-corrected chi connectivity index (χ1v) is 5.58. The van der Waals surface area contributed by atoms with Gasteiger partial charge >= 0.3 is 0 Å². The van der Waals surface area contributed by atoms with Crippen molar-refractivity contribution in [3.05, 3.63) is 23.8 Å². The molecule has 1 aliphatic rings. The molecule has 1 heterocycles. The van der Waals surface area contributed by atoms with Crippen LogP contribution in [0.15, 0.2) is 23.2 Å². The molecule has 0 spiro atoms. The average Bonchev–Trinajstić information content (AvgIpc) is 2.54. The van der Waals surface area contributed by atoms with Gasteiger partial charge in [-0.3, -0.25) is 4.99 Å². The van der Waals surface area contributed by atoms with Crippen molar-refractivity contribution in [2.75, 3.05) is 13.1 Å². The van der Waals surface area contributed by atoms with Gasteiger partial charge in [0.25, 0.3) is 0 Å². The van der Waals surface area contributed by atoms with Crippen LogP contribution in [0.3, 0.4) is 0 Å². The number of benzene rings is 1. The molecule has 1 aromatic carbocycles. The van der Waals surface area contributed by atoms with Crippen LogP contribution in [0.1, 0.15) is 19.4 Å². The van der Waals surface area contributed by atoms with E-state index in [0.29, 0.717) is 12.5 Å². The van der Waals surface area contributed by atoms with E-state index < -0.39 is 5.54 Å². The maximum Gasteiger partial charge on any atom is 0.192 e. The highest BCUT2D eigenvalue weighted by Gasteiger charge is 2.39. The van der Waals surface area contributed by atoms with Gasteiger partial charge in [-0.15, -0.1) is 0 Å². The first-order valence-electron chi connectivity index (χ1n) is 5.58. The smallest absolute Gasteiger partial charge is 0.192 e. The van der Waals surface area contributed by atoms with Gasteiger partial charge in [0.2, 0.25) is 0 Å². The lowest BCUT2D eigenvalue weighted by atomic mass is 9.90. The van der Waals surface area contributed by atoms with Crippen LogP contribution in [0.4, 0.5) is 0 Å². The normalized spacial score (nSPS) is 23.9. The molecule has 1 atom stereocenters. The first kappa shape index (κ1) is 11.6. The van der Waals surface area contributed by atoms with Gasteiger partial charge in [-0.05, 0) is 31.5 Å². The third kappa shape index (κ3) is 1.77. The summed E-state index contributed by atoms with van der Waals surface area (Å²) in [5.41, 5.74) is 6.23. The van der Waals surface area contributed by atoms with Gasteiger partial charge in [0.15, 0.2) is 5.96 Å². The Morgan fingerprint density at radius 2 is 1.94 bits per heavy atom. The van der Waals surface area contributed by atoms with E-state index >= 15 is 0 Å². The molecule has 0 aromatic heterocycles. The molecule has 0 bridgehead atoms. The number of phenolic OH excluding ortho intramolecular Hbond substituents is 2. The second-order valence-corrected chi connectivity index (χ2v) is 4.43. The molecular weight excluding hydrogens is 218 g/mol. The van der Waals surface area contributed by atoms with Crippen LogP contribution >= 0.6 is 0 Å². The van der Waals surface area contributed by atoms with E-state index in [-0.39, 0.29) is 11.5 Å². The predicted molar refractivity (Wildman–Crippen MR) is 66.0 cm³/mol. The number of guanidine groups is 1. The lowest BCUT2D eigenvalue weighted by molar-refractivity contribution is 0.233. The molecule has 1 aliphatic heterocycles. The van der Waals surface area contributed by atoms with Crippen LogP contribution < -0.4 is 5.73 Å². The van der Waals surface area contributed by atoms with E-state index in [4.69, 9.17) is 5.73 Å². The van der Waals surface area contributed by atoms with Gasteiger partial charge in [-0.2, -0.15) is 0 Å². The Morgan fingerprint density at radius 1 is 1.35 bits per heavy atom. The first-order chi connectivity index (χ1) is 7.97. The van der Waals surface area contributed by atoms with Crippen molar-refractivity contribution >= 4 is 5.96 Å². The maximum absolute atomic E-state index is 9.55. The number of nitrogens with two attached hydrogens (primary N) is 1. The SMILES string of the molecule is CCN1C(N)=NCC1(C)c1cc(O)cc(O)c1. The number of hydrogen-bond donors (Lipinski definition) is 3. The summed E-state index contributed by atoms with van der Waals surface area (Å²) in [5.74, 6) is 0.586. The van der Waals surface area contributed by atoms with Crippen molar-refractivity contribution in [1.29, 1.82) is 0 Å². The van der Waals surface area contributed by atoms with Gasteiger partial charge in [0.05, 0.1) is 12.1 Å². The highest BCUT2D eigenvalue weighted by molar-refractivity contribution is 5.81. The Hall–Kier alpha value is -1.91. The molecule has 92 valence electrons. The number of nitrogens with zero attached hydrogens (tertiary/aromatic N) is 2. The van der Waals surface area contributed by atoms with E-state index in [9.17, 15) is 10.2 Å². The Kier molecular flexibility index (Phi) is 2.61. The lowest BCUT2D eigenvalue weighted by Crippen LogP contribution is -2.47. The fourth-order valence-electron chi connectivity index (χ4n) is 2.32. The van der Waals surface area contributed by atoms with Gasteiger partial charge in [-0.25, -0.2) is 0 Å². The standard InChI is InChI=1S/C12H17N3O2/c1-3-15-11(13)14-7-12(15,2)8-4-9(16)6-10(17)5-8/h4-6,16-17H,3,7H2,1-2H3,(H2,13,14). The lowest BCUT2D eigenvalue weighted by Gasteiger charge is -2.36. The Labute approximate surface area is 100 Å². The summed E-state index contributed by atoms with van der Waals surface area (Å²) in [6.07, 6.45) is 0. The Morgan fingerprint density at radius 3 is 2.47 bits per heavy atom. The fourth-order valence-corrected chi connectivity index (χ4v) is 2.32. The molecule has 1 aromatic rings. The van der Waals surface area contributed by atoms with Crippen molar-refractivity contribution in [3.8, 4) is 11.5 Å². The molecule has 17 heavy (non-hydrogen) atoms. The minimum atomic E-state index is -0.408. The molecule has 5 heteroatoms. The van der Waals surface area contributed by atoms with Gasteiger partial charge in [-0.1, -0.05) is 0 Å². The van der Waals surface area contributed by atoms with Crippen LogP contribution in [0.25, 0.3) is 0 Å². The van der Waals surface area contributed by atoms with Gasteiger partial charge in [0, 0.05) is 12.6 Å². The summed E-state index contributed by atoms with van der Waals surface area (Å²) in [5, 5.41) is 19.1. The second-order valence-electron chi connectivity index (χ2n) is 4.43. The van der Waals surface area contributed by atoms with E-state index in [2.05, 4.69) is 4.99 Å². The molecular formula is C12H17N3O2. The molecule has 0 aliphatic carbocycles. The molecule has 0 radical (unpaired) electrons. The summed E-state index contributed by atoms with van der Waals surface area (Å²) < 4.78 is 0. The van der Waals surface area contributed by atoms with Gasteiger partial charge in [0.1, 0.15) is 11.5 Å². The van der Waals surface area contributed by atoms with Crippen LogP contribution in [-0.4, -0.2) is 34.2 Å². The largest absolute Gasteiger partial charge is 0.508 e. The summed E-state index contributed by atoms with van der Waals surface area (Å²) >= 11 is 0. The summed E-state index contributed by atoms with van der Waals surface area (Å²) in [6.45, 7) is 5.24. The van der Waals surface area contributed by atoms with Crippen LogP contribution in [0, 0.1) is 0 Å². The van der Waals surface area contributed by atoms with Crippen molar-refractivity contribution in [2.45, 2.75) is 19.4 Å². The number of aliphatic imine (C=N–C) groups is 1. The number of rotatable bonds is 2. The number of likely N-dealkylation sites (N-methyl/N-ethyl adjacent to an activating group) is 1. The molecule has 0 fully saturated rings.